The number of hydrogen-bond acceptors (Lipinski definition) is 3. The third kappa shape index (κ3) is 1.77. The third-order valence-corrected chi connectivity index (χ3v) is 3.71. The molecule has 0 spiro atoms. The Bertz CT molecular complexity index is 347. The largest absolute Gasteiger partial charge is 0.554 e. The van der Waals surface area contributed by atoms with Gasteiger partial charge in [0.15, 0.2) is 0 Å². The summed E-state index contributed by atoms with van der Waals surface area (Å²) < 4.78 is 11.7. The van der Waals surface area contributed by atoms with Crippen LogP contribution in [0.5, 0.6) is 0 Å². The van der Waals surface area contributed by atoms with E-state index < -0.39 is 6.69 Å². The molecule has 0 saturated carbocycles. The minimum atomic E-state index is -1.10. The van der Waals surface area contributed by atoms with Gasteiger partial charge in [-0.05, 0) is 13.1 Å². The molecule has 0 aliphatic carbocycles. The quantitative estimate of drug-likeness (QED) is 0.718. The van der Waals surface area contributed by atoms with Crippen molar-refractivity contribution in [3.05, 3.63) is 35.9 Å². The van der Waals surface area contributed by atoms with E-state index in [-0.39, 0.29) is 0 Å². The van der Waals surface area contributed by atoms with Gasteiger partial charge < -0.3 is 14.1 Å². The Morgan fingerprint density at radius 1 is 1.06 bits per heavy atom. The first-order chi connectivity index (χ1) is 7.89. The van der Waals surface area contributed by atoms with Gasteiger partial charge in [0.25, 0.3) is 0 Å². The van der Waals surface area contributed by atoms with Crippen LogP contribution in [0.25, 0.3) is 0 Å². The molecule has 0 atom stereocenters. The lowest BCUT2D eigenvalue weighted by atomic mass is 9.65. The SMILES string of the molecule is c1ccc(CC[B-]23OCCN2CCO3)cc1. The Hall–Kier alpha value is -0.835. The second kappa shape index (κ2) is 4.20. The van der Waals surface area contributed by atoms with Crippen LogP contribution >= 0.6 is 0 Å². The molecule has 2 fully saturated rings. The van der Waals surface area contributed by atoms with E-state index >= 15 is 0 Å². The van der Waals surface area contributed by atoms with Crippen LogP contribution in [0.3, 0.4) is 0 Å². The number of nitrogens with zero attached hydrogens (tertiary/aromatic N) is 1. The highest BCUT2D eigenvalue weighted by atomic mass is 16.6. The molecule has 86 valence electrons. The number of hydrogen-bond donors (Lipinski definition) is 0. The van der Waals surface area contributed by atoms with E-state index in [1.807, 2.05) is 0 Å². The van der Waals surface area contributed by atoms with Gasteiger partial charge in [-0.2, -0.15) is 0 Å². The molecule has 2 heterocycles. The Morgan fingerprint density at radius 3 is 2.44 bits per heavy atom. The first-order valence-corrected chi connectivity index (χ1v) is 6.11. The van der Waals surface area contributed by atoms with Gasteiger partial charge in [-0.25, -0.2) is 0 Å². The molecule has 0 radical (unpaired) electrons. The molecule has 2 aliphatic heterocycles. The summed E-state index contributed by atoms with van der Waals surface area (Å²) >= 11 is 0. The average molecular weight is 218 g/mol. The summed E-state index contributed by atoms with van der Waals surface area (Å²) in [6.45, 7) is 2.63. The highest BCUT2D eigenvalue weighted by molar-refractivity contribution is 6.65. The summed E-state index contributed by atoms with van der Waals surface area (Å²) in [5.41, 5.74) is 1.37. The van der Waals surface area contributed by atoms with E-state index in [1.54, 1.807) is 0 Å². The summed E-state index contributed by atoms with van der Waals surface area (Å²) in [4.78, 5) is 2.38. The minimum Gasteiger partial charge on any atom is -0.554 e. The van der Waals surface area contributed by atoms with Crippen molar-refractivity contribution in [1.29, 1.82) is 0 Å². The number of fused-ring (bicyclic) bond motifs is 1. The van der Waals surface area contributed by atoms with E-state index in [4.69, 9.17) is 9.31 Å². The minimum absolute atomic E-state index is 0.828. The Labute approximate surface area is 96.3 Å². The van der Waals surface area contributed by atoms with Crippen molar-refractivity contribution in [2.75, 3.05) is 26.3 Å². The molecule has 3 rings (SSSR count). The van der Waals surface area contributed by atoms with E-state index in [2.05, 4.69) is 35.1 Å². The predicted molar refractivity (Wildman–Crippen MR) is 64.2 cm³/mol. The smallest absolute Gasteiger partial charge is 0.318 e. The van der Waals surface area contributed by atoms with Gasteiger partial charge in [0.05, 0.1) is 0 Å². The Kier molecular flexibility index (Phi) is 2.71. The fourth-order valence-corrected chi connectivity index (χ4v) is 2.82. The van der Waals surface area contributed by atoms with Gasteiger partial charge in [-0.1, -0.05) is 42.3 Å². The molecule has 16 heavy (non-hydrogen) atoms. The van der Waals surface area contributed by atoms with E-state index in [9.17, 15) is 0 Å². The van der Waals surface area contributed by atoms with Crippen LogP contribution in [0, 0.1) is 0 Å². The normalized spacial score (nSPS) is 23.5. The molecule has 0 bridgehead atoms. The predicted octanol–water partition coefficient (Wildman–Crippen LogP) is 1.53. The van der Waals surface area contributed by atoms with Crippen molar-refractivity contribution in [2.45, 2.75) is 12.7 Å². The zero-order valence-corrected chi connectivity index (χ0v) is 9.47. The summed E-state index contributed by atoms with van der Waals surface area (Å²) in [7, 11) is 0. The highest BCUT2D eigenvalue weighted by Crippen LogP contribution is 2.29. The maximum absolute atomic E-state index is 5.85. The molecule has 3 nitrogen and oxygen atoms in total. The van der Waals surface area contributed by atoms with Gasteiger partial charge in [0, 0.05) is 13.2 Å². The van der Waals surface area contributed by atoms with Crippen molar-refractivity contribution < 1.29 is 9.31 Å². The van der Waals surface area contributed by atoms with Crippen LogP contribution in [-0.4, -0.2) is 37.8 Å². The molecule has 4 heteroatoms. The first-order valence-electron chi connectivity index (χ1n) is 6.11. The molecular formula is C12H17BNO2-. The Balaban J connectivity index is 1.66. The third-order valence-electron chi connectivity index (χ3n) is 3.71. The van der Waals surface area contributed by atoms with E-state index in [0.29, 0.717) is 0 Å². The van der Waals surface area contributed by atoms with Gasteiger partial charge in [-0.15, -0.1) is 6.32 Å². The van der Waals surface area contributed by atoms with Gasteiger partial charge in [0.2, 0.25) is 0 Å². The summed E-state index contributed by atoms with van der Waals surface area (Å²) in [6.07, 6.45) is 2.03. The number of rotatable bonds is 3. The van der Waals surface area contributed by atoms with Crippen molar-refractivity contribution >= 4 is 6.69 Å². The van der Waals surface area contributed by atoms with Crippen molar-refractivity contribution in [2.24, 2.45) is 0 Å². The van der Waals surface area contributed by atoms with E-state index in [0.717, 1.165) is 39.0 Å². The zero-order valence-electron chi connectivity index (χ0n) is 9.47. The van der Waals surface area contributed by atoms with Gasteiger partial charge in [0.1, 0.15) is 0 Å². The fourth-order valence-electron chi connectivity index (χ4n) is 2.82. The van der Waals surface area contributed by atoms with Crippen molar-refractivity contribution in [3.63, 3.8) is 0 Å². The van der Waals surface area contributed by atoms with Crippen LogP contribution in [0.4, 0.5) is 0 Å². The fraction of sp³-hybridized carbons (Fsp3) is 0.500. The zero-order chi connectivity index (χ0) is 10.8. The van der Waals surface area contributed by atoms with Crippen molar-refractivity contribution in [1.82, 2.24) is 4.81 Å². The molecule has 0 aromatic heterocycles. The standard InChI is InChI=1S/C12H17BNO2/c1-2-4-12(5-3-1)6-7-13-14(8-10-15-13)9-11-16-13/h1-5H,6-11H2/q-1. The molecule has 2 aliphatic rings. The molecule has 2 saturated heterocycles. The van der Waals surface area contributed by atoms with E-state index in [1.165, 1.54) is 5.56 Å². The molecule has 1 aromatic carbocycles. The monoisotopic (exact) mass is 218 g/mol. The molecule has 0 unspecified atom stereocenters. The van der Waals surface area contributed by atoms with Crippen LogP contribution in [0.1, 0.15) is 5.56 Å². The summed E-state index contributed by atoms with van der Waals surface area (Å²) in [5, 5.41) is 0. The second-order valence-electron chi connectivity index (χ2n) is 4.62. The van der Waals surface area contributed by atoms with Gasteiger partial charge in [-0.3, -0.25) is 0 Å². The molecule has 1 aromatic rings. The molecule has 0 amide bonds. The maximum Gasteiger partial charge on any atom is 0.318 e. The lowest BCUT2D eigenvalue weighted by molar-refractivity contribution is 0.220. The lowest BCUT2D eigenvalue weighted by Crippen LogP contribution is -2.47. The van der Waals surface area contributed by atoms with Gasteiger partial charge >= 0.3 is 6.69 Å². The van der Waals surface area contributed by atoms with Crippen LogP contribution < -0.4 is 0 Å². The topological polar surface area (TPSA) is 21.7 Å². The van der Waals surface area contributed by atoms with Crippen molar-refractivity contribution in [3.8, 4) is 0 Å². The second-order valence-corrected chi connectivity index (χ2v) is 4.62. The Morgan fingerprint density at radius 2 is 1.75 bits per heavy atom. The molecule has 0 N–H and O–H groups in total. The first kappa shape index (κ1) is 10.3. The number of benzene rings is 1. The van der Waals surface area contributed by atoms with Crippen LogP contribution in [0.2, 0.25) is 6.32 Å². The summed E-state index contributed by atoms with van der Waals surface area (Å²) in [5.74, 6) is 0. The number of aryl methyl sites for hydroxylation is 1. The van der Waals surface area contributed by atoms with Crippen LogP contribution in [0.15, 0.2) is 30.3 Å². The lowest BCUT2D eigenvalue weighted by Gasteiger charge is -2.36. The summed E-state index contributed by atoms with van der Waals surface area (Å²) in [6, 6.07) is 10.6. The molecular weight excluding hydrogens is 201 g/mol. The van der Waals surface area contributed by atoms with Crippen LogP contribution in [-0.2, 0) is 15.7 Å². The maximum atomic E-state index is 5.85. The highest BCUT2D eigenvalue weighted by Gasteiger charge is 2.41. The average Bonchev–Trinajstić information content (AvgIpc) is 2.87.